The molecule has 1 N–H and O–H groups in total. The van der Waals surface area contributed by atoms with Crippen LogP contribution in [-0.2, 0) is 0 Å². The Morgan fingerprint density at radius 2 is 1.50 bits per heavy atom. The molecule has 0 atom stereocenters. The average molecular weight is 216 g/mol. The van der Waals surface area contributed by atoms with Crippen molar-refractivity contribution in [2.45, 2.75) is 58.5 Å². The van der Waals surface area contributed by atoms with Crippen molar-refractivity contribution in [1.82, 2.24) is 0 Å². The molecule has 1 nitrogen and oxygen atoms in total. The molecule has 0 aromatic rings. The van der Waals surface area contributed by atoms with Crippen LogP contribution in [0.2, 0.25) is 0 Å². The number of hydrogen-bond donors (Lipinski definition) is 1. The quantitative estimate of drug-likeness (QED) is 0.669. The van der Waals surface area contributed by atoms with E-state index in [9.17, 15) is 5.11 Å². The van der Waals surface area contributed by atoms with Gasteiger partial charge in [0.2, 0.25) is 0 Å². The molecular weight excluding hydrogens is 192 g/mol. The number of rotatable bonds is 0. The van der Waals surface area contributed by atoms with Crippen molar-refractivity contribution in [3.8, 4) is 0 Å². The number of aliphatic hydroxyl groups is 1. The Hall–Kier alpha value is 0.310. The van der Waals surface area contributed by atoms with E-state index in [2.05, 4.69) is 25.6 Å². The molecule has 1 saturated heterocycles. The summed E-state index contributed by atoms with van der Waals surface area (Å²) in [6.45, 7) is 6.23. The van der Waals surface area contributed by atoms with Gasteiger partial charge in [-0.3, -0.25) is 0 Å². The molecule has 1 aliphatic heterocycles. The van der Waals surface area contributed by atoms with Crippen LogP contribution in [0.15, 0.2) is 0 Å². The summed E-state index contributed by atoms with van der Waals surface area (Å²) in [5.74, 6) is 2.70. The van der Waals surface area contributed by atoms with E-state index in [1.54, 1.807) is 0 Å². The van der Waals surface area contributed by atoms with Crippen molar-refractivity contribution in [2.24, 2.45) is 5.41 Å². The second kappa shape index (κ2) is 4.89. The minimum absolute atomic E-state index is 0.342. The smallest absolute Gasteiger partial charge is 0.0620 e. The third kappa shape index (κ3) is 3.16. The second-order valence-corrected chi connectivity index (χ2v) is 6.18. The van der Waals surface area contributed by atoms with E-state index in [1.807, 2.05) is 6.92 Å². The lowest BCUT2D eigenvalue weighted by molar-refractivity contribution is -0.00998. The van der Waals surface area contributed by atoms with Gasteiger partial charge in [-0.1, -0.05) is 20.3 Å². The fourth-order valence-corrected chi connectivity index (χ4v) is 3.36. The third-order valence-electron chi connectivity index (χ3n) is 3.20. The van der Waals surface area contributed by atoms with Crippen molar-refractivity contribution in [2.75, 3.05) is 11.5 Å². The highest BCUT2D eigenvalue weighted by atomic mass is 32.2. The highest BCUT2D eigenvalue weighted by molar-refractivity contribution is 8.00. The Morgan fingerprint density at radius 1 is 1.07 bits per heavy atom. The van der Waals surface area contributed by atoms with Crippen LogP contribution in [0.4, 0.5) is 0 Å². The highest BCUT2D eigenvalue weighted by Crippen LogP contribution is 2.50. The molecule has 14 heavy (non-hydrogen) atoms. The minimum Gasteiger partial charge on any atom is -0.390 e. The molecule has 0 aromatic heterocycles. The molecule has 2 heteroatoms. The molecule has 0 unspecified atom stereocenters. The van der Waals surface area contributed by atoms with Crippen LogP contribution in [0.25, 0.3) is 0 Å². The van der Waals surface area contributed by atoms with Gasteiger partial charge in [-0.2, -0.15) is 11.8 Å². The summed E-state index contributed by atoms with van der Waals surface area (Å²) in [7, 11) is 0. The maximum Gasteiger partial charge on any atom is 0.0620 e. The van der Waals surface area contributed by atoms with Crippen LogP contribution >= 0.6 is 11.8 Å². The topological polar surface area (TPSA) is 20.2 Å². The van der Waals surface area contributed by atoms with Crippen molar-refractivity contribution in [3.63, 3.8) is 0 Å². The van der Waals surface area contributed by atoms with Gasteiger partial charge in [-0.25, -0.2) is 0 Å². The zero-order valence-corrected chi connectivity index (χ0v) is 10.6. The maximum atomic E-state index is 9.72. The first kappa shape index (κ1) is 12.4. The number of hydrogen-bond acceptors (Lipinski definition) is 2. The summed E-state index contributed by atoms with van der Waals surface area (Å²) >= 11 is 2.06. The average Bonchev–Trinajstić information content (AvgIpc) is 2.03. The Bertz CT molecular complexity index is 161. The second-order valence-electron chi connectivity index (χ2n) is 5.20. The Balaban J connectivity index is 0.000000293. The van der Waals surface area contributed by atoms with Gasteiger partial charge in [0.05, 0.1) is 5.60 Å². The van der Waals surface area contributed by atoms with E-state index in [-0.39, 0.29) is 5.60 Å². The van der Waals surface area contributed by atoms with Crippen molar-refractivity contribution in [1.29, 1.82) is 0 Å². The minimum atomic E-state index is -0.342. The lowest BCUT2D eigenvalue weighted by atomic mass is 9.71. The predicted octanol–water partition coefficient (Wildman–Crippen LogP) is 3.46. The van der Waals surface area contributed by atoms with E-state index < -0.39 is 0 Å². The first-order valence-electron chi connectivity index (χ1n) is 5.84. The Labute approximate surface area is 92.7 Å². The molecule has 2 aliphatic rings. The number of thioether (sulfide) groups is 1. The van der Waals surface area contributed by atoms with Gasteiger partial charge < -0.3 is 5.11 Å². The largest absolute Gasteiger partial charge is 0.390 e. The SMILES string of the molecule is CC1(O)CCC2(CC1)CSC2.CCC. The molecular formula is C12H24OS. The highest BCUT2D eigenvalue weighted by Gasteiger charge is 2.43. The zero-order valence-electron chi connectivity index (χ0n) is 9.81. The normalized spacial score (nSPS) is 27.4. The van der Waals surface area contributed by atoms with Crippen LogP contribution in [0.3, 0.4) is 0 Å². The van der Waals surface area contributed by atoms with Crippen LogP contribution in [0.1, 0.15) is 52.9 Å². The van der Waals surface area contributed by atoms with Gasteiger partial charge in [0.1, 0.15) is 0 Å². The maximum absolute atomic E-state index is 9.72. The van der Waals surface area contributed by atoms with E-state index in [1.165, 1.54) is 30.8 Å². The summed E-state index contributed by atoms with van der Waals surface area (Å²) < 4.78 is 0. The van der Waals surface area contributed by atoms with E-state index in [0.717, 1.165) is 12.8 Å². The molecule has 0 bridgehead atoms. The van der Waals surface area contributed by atoms with Gasteiger partial charge >= 0.3 is 0 Å². The Morgan fingerprint density at radius 3 is 1.79 bits per heavy atom. The lowest BCUT2D eigenvalue weighted by Crippen LogP contribution is -2.44. The summed E-state index contributed by atoms with van der Waals surface area (Å²) in [6, 6.07) is 0. The summed E-state index contributed by atoms with van der Waals surface area (Å²) in [5.41, 5.74) is 0.318. The van der Waals surface area contributed by atoms with Crippen molar-refractivity contribution < 1.29 is 5.11 Å². The molecule has 0 amide bonds. The Kier molecular flexibility index (Phi) is 4.32. The fraction of sp³-hybridized carbons (Fsp3) is 1.00. The molecule has 0 radical (unpaired) electrons. The first-order valence-corrected chi connectivity index (χ1v) is 6.99. The summed E-state index contributed by atoms with van der Waals surface area (Å²) in [4.78, 5) is 0. The molecule has 1 aliphatic carbocycles. The monoisotopic (exact) mass is 216 g/mol. The first-order chi connectivity index (χ1) is 6.54. The standard InChI is InChI=1S/C9H16OS.C3H8/c1-8(10)2-4-9(5-3-8)6-11-7-9;1-3-2/h10H,2-7H2,1H3;3H2,1-2H3. The van der Waals surface area contributed by atoms with Crippen molar-refractivity contribution >= 4 is 11.8 Å². The fourth-order valence-electron chi connectivity index (χ4n) is 2.00. The third-order valence-corrected chi connectivity index (χ3v) is 4.84. The lowest BCUT2D eigenvalue weighted by Gasteiger charge is -2.48. The predicted molar refractivity (Wildman–Crippen MR) is 64.8 cm³/mol. The zero-order chi connectivity index (χ0) is 10.7. The molecule has 1 spiro atoms. The molecule has 1 saturated carbocycles. The van der Waals surface area contributed by atoms with Gasteiger partial charge in [0.25, 0.3) is 0 Å². The van der Waals surface area contributed by atoms with Crippen LogP contribution < -0.4 is 0 Å². The van der Waals surface area contributed by atoms with Crippen LogP contribution in [0, 0.1) is 5.41 Å². The van der Waals surface area contributed by atoms with Gasteiger partial charge in [-0.15, -0.1) is 0 Å². The van der Waals surface area contributed by atoms with Crippen molar-refractivity contribution in [3.05, 3.63) is 0 Å². The van der Waals surface area contributed by atoms with Crippen LogP contribution in [-0.4, -0.2) is 22.2 Å². The van der Waals surface area contributed by atoms with E-state index in [0.29, 0.717) is 5.41 Å². The molecule has 84 valence electrons. The van der Waals surface area contributed by atoms with E-state index >= 15 is 0 Å². The van der Waals surface area contributed by atoms with Gasteiger partial charge in [0.15, 0.2) is 0 Å². The molecule has 2 rings (SSSR count). The summed E-state index contributed by atoms with van der Waals surface area (Å²) in [5, 5.41) is 9.72. The summed E-state index contributed by atoms with van der Waals surface area (Å²) in [6.07, 6.45) is 5.81. The molecule has 0 aromatic carbocycles. The van der Waals surface area contributed by atoms with Gasteiger partial charge in [0, 0.05) is 0 Å². The van der Waals surface area contributed by atoms with Crippen LogP contribution in [0.5, 0.6) is 0 Å². The molecule has 1 heterocycles. The molecule has 2 fully saturated rings. The van der Waals surface area contributed by atoms with Gasteiger partial charge in [-0.05, 0) is 49.5 Å². The van der Waals surface area contributed by atoms with E-state index in [4.69, 9.17) is 0 Å².